The SMILES string of the molecule is Cc1nn(-c2ccccc2)c2sc(C(=O)Nc3ccc(-c4cnco4)cc3)cc12. The van der Waals surface area contributed by atoms with Gasteiger partial charge in [-0.25, -0.2) is 9.67 Å². The maximum atomic E-state index is 12.8. The minimum atomic E-state index is -0.141. The van der Waals surface area contributed by atoms with Gasteiger partial charge in [-0.2, -0.15) is 5.10 Å². The van der Waals surface area contributed by atoms with Gasteiger partial charge in [0.05, 0.1) is 22.5 Å². The van der Waals surface area contributed by atoms with Crippen molar-refractivity contribution in [2.75, 3.05) is 5.32 Å². The molecule has 0 saturated carbocycles. The van der Waals surface area contributed by atoms with Crippen LogP contribution in [0.3, 0.4) is 0 Å². The van der Waals surface area contributed by atoms with Crippen LogP contribution in [0.5, 0.6) is 0 Å². The molecule has 7 heteroatoms. The summed E-state index contributed by atoms with van der Waals surface area (Å²) in [6, 6.07) is 19.3. The second kappa shape index (κ2) is 7.03. The van der Waals surface area contributed by atoms with Crippen LogP contribution >= 0.6 is 11.3 Å². The lowest BCUT2D eigenvalue weighted by atomic mass is 10.1. The molecular weight excluding hydrogens is 384 g/mol. The van der Waals surface area contributed by atoms with Crippen LogP contribution in [0.1, 0.15) is 15.4 Å². The molecule has 2 aromatic carbocycles. The molecular formula is C22H16N4O2S. The number of carbonyl (C=O) groups is 1. The van der Waals surface area contributed by atoms with Gasteiger partial charge in [-0.05, 0) is 49.4 Å². The molecule has 1 N–H and O–H groups in total. The van der Waals surface area contributed by atoms with Crippen molar-refractivity contribution in [3.05, 3.63) is 83.8 Å². The minimum Gasteiger partial charge on any atom is -0.444 e. The molecule has 142 valence electrons. The number of benzene rings is 2. The number of carbonyl (C=O) groups excluding carboxylic acids is 1. The topological polar surface area (TPSA) is 73.0 Å². The van der Waals surface area contributed by atoms with Crippen LogP contribution in [0.25, 0.3) is 27.2 Å². The number of oxazole rings is 1. The third-order valence-electron chi connectivity index (χ3n) is 4.63. The molecule has 0 radical (unpaired) electrons. The van der Waals surface area contributed by atoms with E-state index in [-0.39, 0.29) is 5.91 Å². The monoisotopic (exact) mass is 400 g/mol. The number of aromatic nitrogens is 3. The molecule has 3 aromatic heterocycles. The van der Waals surface area contributed by atoms with Gasteiger partial charge in [0.15, 0.2) is 12.2 Å². The largest absolute Gasteiger partial charge is 0.444 e. The second-order valence-corrected chi connectivity index (χ2v) is 7.59. The third kappa shape index (κ3) is 3.21. The van der Waals surface area contributed by atoms with E-state index in [0.29, 0.717) is 10.6 Å². The van der Waals surface area contributed by atoms with Gasteiger partial charge in [0.2, 0.25) is 0 Å². The van der Waals surface area contributed by atoms with Gasteiger partial charge in [-0.15, -0.1) is 11.3 Å². The predicted molar refractivity (Wildman–Crippen MR) is 114 cm³/mol. The normalized spacial score (nSPS) is 11.1. The number of fused-ring (bicyclic) bond motifs is 1. The standard InChI is InChI=1S/C22H16N4O2S/c1-14-18-11-20(29-22(18)26(25-14)17-5-3-2-4-6-17)21(27)24-16-9-7-15(8-10-16)19-12-23-13-28-19/h2-13H,1H3,(H,24,27). The van der Waals surface area contributed by atoms with Crippen LogP contribution < -0.4 is 5.32 Å². The maximum absolute atomic E-state index is 12.8. The van der Waals surface area contributed by atoms with E-state index in [9.17, 15) is 4.79 Å². The fourth-order valence-electron chi connectivity index (χ4n) is 3.17. The Kier molecular flexibility index (Phi) is 4.22. The maximum Gasteiger partial charge on any atom is 0.265 e. The minimum absolute atomic E-state index is 0.141. The van der Waals surface area contributed by atoms with Gasteiger partial charge in [0.25, 0.3) is 5.91 Å². The van der Waals surface area contributed by atoms with Gasteiger partial charge in [-0.1, -0.05) is 18.2 Å². The van der Waals surface area contributed by atoms with E-state index in [1.54, 1.807) is 6.20 Å². The lowest BCUT2D eigenvalue weighted by Crippen LogP contribution is -2.10. The van der Waals surface area contributed by atoms with Crippen LogP contribution in [-0.4, -0.2) is 20.7 Å². The van der Waals surface area contributed by atoms with E-state index in [0.717, 1.165) is 32.8 Å². The zero-order valence-corrected chi connectivity index (χ0v) is 16.3. The molecule has 5 aromatic rings. The lowest BCUT2D eigenvalue weighted by molar-refractivity contribution is 0.103. The molecule has 0 bridgehead atoms. The number of rotatable bonds is 4. The first-order chi connectivity index (χ1) is 14.2. The summed E-state index contributed by atoms with van der Waals surface area (Å²) in [7, 11) is 0. The summed E-state index contributed by atoms with van der Waals surface area (Å²) in [6.45, 7) is 1.96. The predicted octanol–water partition coefficient (Wildman–Crippen LogP) is 5.30. The molecule has 0 aliphatic heterocycles. The number of thiophene rings is 1. The van der Waals surface area contributed by atoms with E-state index in [1.807, 2.05) is 72.3 Å². The van der Waals surface area contributed by atoms with Crippen LogP contribution in [0.4, 0.5) is 5.69 Å². The van der Waals surface area contributed by atoms with Crippen molar-refractivity contribution in [3.8, 4) is 17.0 Å². The Morgan fingerprint density at radius 3 is 2.62 bits per heavy atom. The highest BCUT2D eigenvalue weighted by Gasteiger charge is 2.17. The first-order valence-electron chi connectivity index (χ1n) is 9.04. The second-order valence-electron chi connectivity index (χ2n) is 6.56. The van der Waals surface area contributed by atoms with E-state index in [2.05, 4.69) is 15.4 Å². The Balaban J connectivity index is 1.41. The van der Waals surface area contributed by atoms with E-state index < -0.39 is 0 Å². The first-order valence-corrected chi connectivity index (χ1v) is 9.85. The van der Waals surface area contributed by atoms with E-state index >= 15 is 0 Å². The molecule has 3 heterocycles. The van der Waals surface area contributed by atoms with Crippen molar-refractivity contribution in [2.45, 2.75) is 6.92 Å². The average molecular weight is 400 g/mol. The van der Waals surface area contributed by atoms with Crippen LogP contribution in [0.15, 0.2) is 77.7 Å². The molecule has 5 rings (SSSR count). The highest BCUT2D eigenvalue weighted by atomic mass is 32.1. The fourth-order valence-corrected chi connectivity index (χ4v) is 4.25. The Morgan fingerprint density at radius 2 is 1.90 bits per heavy atom. The number of anilines is 1. The molecule has 0 aliphatic carbocycles. The average Bonchev–Trinajstić information content (AvgIpc) is 3.48. The Hall–Kier alpha value is -3.71. The summed E-state index contributed by atoms with van der Waals surface area (Å²) in [5.41, 5.74) is 3.50. The van der Waals surface area contributed by atoms with E-state index in [1.165, 1.54) is 17.7 Å². The quantitative estimate of drug-likeness (QED) is 0.444. The summed E-state index contributed by atoms with van der Waals surface area (Å²) >= 11 is 1.43. The molecule has 0 unspecified atom stereocenters. The highest BCUT2D eigenvalue weighted by Crippen LogP contribution is 2.31. The zero-order chi connectivity index (χ0) is 19.8. The van der Waals surface area contributed by atoms with Gasteiger partial charge in [0, 0.05) is 16.6 Å². The number of amides is 1. The first kappa shape index (κ1) is 17.4. The van der Waals surface area contributed by atoms with Crippen molar-refractivity contribution in [1.29, 1.82) is 0 Å². The van der Waals surface area contributed by atoms with Crippen molar-refractivity contribution < 1.29 is 9.21 Å². The summed E-state index contributed by atoms with van der Waals surface area (Å²) in [4.78, 5) is 18.3. The van der Waals surface area contributed by atoms with Gasteiger partial charge in [-0.3, -0.25) is 4.79 Å². The number of hydrogen-bond acceptors (Lipinski definition) is 5. The number of para-hydroxylation sites is 1. The molecule has 0 aliphatic rings. The molecule has 0 saturated heterocycles. The van der Waals surface area contributed by atoms with Crippen molar-refractivity contribution >= 4 is 33.1 Å². The molecule has 0 spiro atoms. The van der Waals surface area contributed by atoms with Gasteiger partial charge >= 0.3 is 0 Å². The van der Waals surface area contributed by atoms with Crippen molar-refractivity contribution in [2.24, 2.45) is 0 Å². The highest BCUT2D eigenvalue weighted by molar-refractivity contribution is 7.20. The number of hydrogen-bond donors (Lipinski definition) is 1. The molecule has 0 atom stereocenters. The third-order valence-corrected chi connectivity index (χ3v) is 5.74. The van der Waals surface area contributed by atoms with Crippen LogP contribution in [-0.2, 0) is 0 Å². The molecule has 29 heavy (non-hydrogen) atoms. The van der Waals surface area contributed by atoms with Gasteiger partial charge < -0.3 is 9.73 Å². The number of aryl methyl sites for hydroxylation is 1. The van der Waals surface area contributed by atoms with Gasteiger partial charge in [0.1, 0.15) is 4.83 Å². The molecule has 0 fully saturated rings. The Morgan fingerprint density at radius 1 is 1.10 bits per heavy atom. The summed E-state index contributed by atoms with van der Waals surface area (Å²) < 4.78 is 7.18. The summed E-state index contributed by atoms with van der Waals surface area (Å²) in [6.07, 6.45) is 3.05. The summed E-state index contributed by atoms with van der Waals surface area (Å²) in [5.74, 6) is 0.547. The zero-order valence-electron chi connectivity index (χ0n) is 15.5. The number of nitrogens with zero attached hydrogens (tertiary/aromatic N) is 3. The fraction of sp³-hybridized carbons (Fsp3) is 0.0455. The Labute approximate surface area is 170 Å². The van der Waals surface area contributed by atoms with Crippen LogP contribution in [0.2, 0.25) is 0 Å². The van der Waals surface area contributed by atoms with Crippen molar-refractivity contribution in [3.63, 3.8) is 0 Å². The summed E-state index contributed by atoms with van der Waals surface area (Å²) in [5, 5.41) is 8.57. The Bertz CT molecular complexity index is 1290. The smallest absolute Gasteiger partial charge is 0.265 e. The van der Waals surface area contributed by atoms with Crippen molar-refractivity contribution in [1.82, 2.24) is 14.8 Å². The number of nitrogens with one attached hydrogen (secondary N) is 1. The lowest BCUT2D eigenvalue weighted by Gasteiger charge is -2.04. The van der Waals surface area contributed by atoms with E-state index in [4.69, 9.17) is 4.42 Å². The molecule has 6 nitrogen and oxygen atoms in total. The molecule has 1 amide bonds. The van der Waals surface area contributed by atoms with Crippen LogP contribution in [0, 0.1) is 6.92 Å².